The maximum absolute atomic E-state index is 13.2. The van der Waals surface area contributed by atoms with Crippen LogP contribution in [0, 0.1) is 0 Å². The molecule has 0 aliphatic heterocycles. The van der Waals surface area contributed by atoms with Gasteiger partial charge in [0.15, 0.2) is 0 Å². The largest absolute Gasteiger partial charge is 0.355 e. The van der Waals surface area contributed by atoms with Gasteiger partial charge < -0.3 is 10.2 Å². The van der Waals surface area contributed by atoms with Gasteiger partial charge in [0.05, 0.1) is 11.9 Å². The maximum Gasteiger partial charge on any atom is 0.244 e. The van der Waals surface area contributed by atoms with Crippen molar-refractivity contribution in [2.24, 2.45) is 0 Å². The van der Waals surface area contributed by atoms with E-state index in [1.54, 1.807) is 26.0 Å². The number of anilines is 1. The summed E-state index contributed by atoms with van der Waals surface area (Å²) in [5, 5.41) is 3.16. The number of benzene rings is 2. The summed E-state index contributed by atoms with van der Waals surface area (Å²) in [5.74, 6) is -0.794. The maximum atomic E-state index is 13.2. The van der Waals surface area contributed by atoms with Crippen molar-refractivity contribution in [3.05, 3.63) is 65.2 Å². The number of rotatable bonds is 9. The third-order valence-electron chi connectivity index (χ3n) is 4.51. The minimum Gasteiger partial charge on any atom is -0.355 e. The molecule has 162 valence electrons. The molecule has 30 heavy (non-hydrogen) atoms. The van der Waals surface area contributed by atoms with E-state index in [1.165, 1.54) is 17.0 Å². The molecule has 0 fully saturated rings. The average molecular weight is 452 g/mol. The van der Waals surface area contributed by atoms with Crippen LogP contribution >= 0.6 is 11.6 Å². The zero-order valence-corrected chi connectivity index (χ0v) is 18.8. The first-order valence-electron chi connectivity index (χ1n) is 9.48. The summed E-state index contributed by atoms with van der Waals surface area (Å²) in [6.45, 7) is 3.59. The Morgan fingerprint density at radius 3 is 2.20 bits per heavy atom. The highest BCUT2D eigenvalue weighted by Crippen LogP contribution is 2.21. The van der Waals surface area contributed by atoms with Gasteiger partial charge in [0.25, 0.3) is 0 Å². The molecule has 0 radical (unpaired) electrons. The lowest BCUT2D eigenvalue weighted by molar-refractivity contribution is -0.139. The lowest BCUT2D eigenvalue weighted by atomic mass is 10.1. The highest BCUT2D eigenvalue weighted by atomic mass is 35.5. The van der Waals surface area contributed by atoms with Crippen molar-refractivity contribution >= 4 is 39.1 Å². The molecular formula is C21H26ClN3O4S. The van der Waals surface area contributed by atoms with Gasteiger partial charge >= 0.3 is 0 Å². The summed E-state index contributed by atoms with van der Waals surface area (Å²) in [6, 6.07) is 14.6. The van der Waals surface area contributed by atoms with Gasteiger partial charge in [0.1, 0.15) is 12.6 Å². The van der Waals surface area contributed by atoms with Crippen LogP contribution in [0.4, 0.5) is 5.69 Å². The SMILES string of the molecule is CCNC(=O)[C@@H](C)N(Cc1ccccc1)C(=O)CN(c1ccc(Cl)cc1)S(C)(=O)=O. The molecule has 7 nitrogen and oxygen atoms in total. The molecule has 9 heteroatoms. The van der Waals surface area contributed by atoms with Gasteiger partial charge in [-0.2, -0.15) is 0 Å². The van der Waals surface area contributed by atoms with Gasteiger partial charge in [-0.05, 0) is 43.7 Å². The van der Waals surface area contributed by atoms with Crippen LogP contribution in [0.5, 0.6) is 0 Å². The number of nitrogens with one attached hydrogen (secondary N) is 1. The van der Waals surface area contributed by atoms with Crippen LogP contribution in [0.3, 0.4) is 0 Å². The van der Waals surface area contributed by atoms with Crippen LogP contribution in [0.2, 0.25) is 5.02 Å². The molecule has 0 saturated carbocycles. The quantitative estimate of drug-likeness (QED) is 0.635. The molecule has 0 bridgehead atoms. The number of hydrogen-bond acceptors (Lipinski definition) is 4. The second kappa shape index (κ2) is 10.4. The zero-order valence-electron chi connectivity index (χ0n) is 17.2. The van der Waals surface area contributed by atoms with Gasteiger partial charge in [-0.3, -0.25) is 13.9 Å². The topological polar surface area (TPSA) is 86.8 Å². The minimum atomic E-state index is -3.75. The van der Waals surface area contributed by atoms with E-state index in [9.17, 15) is 18.0 Å². The van der Waals surface area contributed by atoms with Crippen molar-refractivity contribution in [2.75, 3.05) is 23.7 Å². The number of carbonyl (C=O) groups is 2. The Morgan fingerprint density at radius 2 is 1.67 bits per heavy atom. The molecule has 0 spiro atoms. The van der Waals surface area contributed by atoms with Crippen LogP contribution < -0.4 is 9.62 Å². The van der Waals surface area contributed by atoms with E-state index in [2.05, 4.69) is 5.32 Å². The number of amides is 2. The molecule has 0 heterocycles. The van der Waals surface area contributed by atoms with Gasteiger partial charge in [-0.15, -0.1) is 0 Å². The fourth-order valence-corrected chi connectivity index (χ4v) is 3.88. The monoisotopic (exact) mass is 451 g/mol. The standard InChI is InChI=1S/C21H26ClN3O4S/c1-4-23-21(27)16(2)24(14-17-8-6-5-7-9-17)20(26)15-25(30(3,28)29)19-12-10-18(22)11-13-19/h5-13,16H,4,14-15H2,1-3H3,(H,23,27)/t16-/m1/s1. The predicted octanol–water partition coefficient (Wildman–Crippen LogP) is 2.66. The van der Waals surface area contributed by atoms with E-state index in [-0.39, 0.29) is 12.5 Å². The molecule has 1 atom stereocenters. The third kappa shape index (κ3) is 6.47. The molecule has 0 unspecified atom stereocenters. The molecule has 0 aromatic heterocycles. The Balaban J connectivity index is 2.34. The summed E-state index contributed by atoms with van der Waals surface area (Å²) in [6.07, 6.45) is 1.03. The van der Waals surface area contributed by atoms with E-state index < -0.39 is 28.5 Å². The number of likely N-dealkylation sites (N-methyl/N-ethyl adjacent to an activating group) is 1. The Hall–Kier alpha value is -2.58. The average Bonchev–Trinajstić information content (AvgIpc) is 2.70. The summed E-state index contributed by atoms with van der Waals surface area (Å²) < 4.78 is 25.8. The van der Waals surface area contributed by atoms with Crippen molar-refractivity contribution in [1.82, 2.24) is 10.2 Å². The van der Waals surface area contributed by atoms with Crippen molar-refractivity contribution in [1.29, 1.82) is 0 Å². The zero-order chi connectivity index (χ0) is 22.3. The molecule has 2 aromatic carbocycles. The third-order valence-corrected chi connectivity index (χ3v) is 5.90. The Kier molecular flexibility index (Phi) is 8.25. The van der Waals surface area contributed by atoms with E-state index in [0.717, 1.165) is 16.1 Å². The second-order valence-corrected chi connectivity index (χ2v) is 9.17. The first-order chi connectivity index (χ1) is 14.1. The molecule has 0 aliphatic carbocycles. The molecule has 2 rings (SSSR count). The Bertz CT molecular complexity index is 966. The normalized spacial score (nSPS) is 12.1. The minimum absolute atomic E-state index is 0.177. The number of nitrogens with zero attached hydrogens (tertiary/aromatic N) is 2. The summed E-state index contributed by atoms with van der Waals surface area (Å²) in [4.78, 5) is 27.0. The lowest BCUT2D eigenvalue weighted by Gasteiger charge is -2.31. The van der Waals surface area contributed by atoms with Crippen molar-refractivity contribution in [3.63, 3.8) is 0 Å². The second-order valence-electron chi connectivity index (χ2n) is 6.82. The molecule has 0 saturated heterocycles. The first kappa shape index (κ1) is 23.7. The number of sulfonamides is 1. The highest BCUT2D eigenvalue weighted by Gasteiger charge is 2.29. The fraction of sp³-hybridized carbons (Fsp3) is 0.333. The fourth-order valence-electron chi connectivity index (χ4n) is 2.91. The highest BCUT2D eigenvalue weighted by molar-refractivity contribution is 7.92. The first-order valence-corrected chi connectivity index (χ1v) is 11.7. The molecule has 0 aliphatic rings. The number of carbonyl (C=O) groups excluding carboxylic acids is 2. The molecule has 2 aromatic rings. The predicted molar refractivity (Wildman–Crippen MR) is 119 cm³/mol. The van der Waals surface area contributed by atoms with Crippen molar-refractivity contribution < 1.29 is 18.0 Å². The lowest BCUT2D eigenvalue weighted by Crippen LogP contribution is -2.51. The molecular weight excluding hydrogens is 426 g/mol. The summed E-state index contributed by atoms with van der Waals surface area (Å²) >= 11 is 5.90. The van der Waals surface area contributed by atoms with E-state index >= 15 is 0 Å². The van der Waals surface area contributed by atoms with Crippen LogP contribution in [-0.2, 0) is 26.2 Å². The van der Waals surface area contributed by atoms with Gasteiger partial charge in [-0.25, -0.2) is 8.42 Å². The summed E-state index contributed by atoms with van der Waals surface area (Å²) in [5.41, 5.74) is 1.15. The van der Waals surface area contributed by atoms with E-state index in [1.807, 2.05) is 30.3 Å². The van der Waals surface area contributed by atoms with Gasteiger partial charge in [0, 0.05) is 18.1 Å². The van der Waals surface area contributed by atoms with Crippen LogP contribution in [0.25, 0.3) is 0 Å². The Morgan fingerprint density at radius 1 is 1.07 bits per heavy atom. The Labute approximate surface area is 182 Å². The number of halogens is 1. The van der Waals surface area contributed by atoms with Crippen LogP contribution in [-0.4, -0.2) is 50.5 Å². The summed E-state index contributed by atoms with van der Waals surface area (Å²) in [7, 11) is -3.75. The van der Waals surface area contributed by atoms with Crippen LogP contribution in [0.15, 0.2) is 54.6 Å². The van der Waals surface area contributed by atoms with Crippen LogP contribution in [0.1, 0.15) is 19.4 Å². The van der Waals surface area contributed by atoms with E-state index in [4.69, 9.17) is 11.6 Å². The molecule has 1 N–H and O–H groups in total. The van der Waals surface area contributed by atoms with Crippen molar-refractivity contribution in [3.8, 4) is 0 Å². The van der Waals surface area contributed by atoms with Gasteiger partial charge in [-0.1, -0.05) is 41.9 Å². The number of hydrogen-bond donors (Lipinski definition) is 1. The smallest absolute Gasteiger partial charge is 0.244 e. The van der Waals surface area contributed by atoms with Gasteiger partial charge in [0.2, 0.25) is 21.8 Å². The van der Waals surface area contributed by atoms with E-state index in [0.29, 0.717) is 17.3 Å². The molecule has 2 amide bonds. The van der Waals surface area contributed by atoms with Crippen molar-refractivity contribution in [2.45, 2.75) is 26.4 Å².